The van der Waals surface area contributed by atoms with Gasteiger partial charge in [-0.1, -0.05) is 25.5 Å². The average Bonchev–Trinajstić information content (AvgIpc) is 2.87. The lowest BCUT2D eigenvalue weighted by Crippen LogP contribution is -2.46. The quantitative estimate of drug-likeness (QED) is 0.838. The Kier molecular flexibility index (Phi) is 5.07. The van der Waals surface area contributed by atoms with Gasteiger partial charge in [-0.3, -0.25) is 4.79 Å². The zero-order chi connectivity index (χ0) is 15.3. The number of hydrogen-bond donors (Lipinski definition) is 2. The van der Waals surface area contributed by atoms with Gasteiger partial charge in [-0.2, -0.15) is 0 Å². The maximum absolute atomic E-state index is 12.0. The monoisotopic (exact) mass is 293 g/mol. The maximum atomic E-state index is 12.0. The van der Waals surface area contributed by atoms with E-state index in [0.29, 0.717) is 11.5 Å². The van der Waals surface area contributed by atoms with Crippen LogP contribution in [0.15, 0.2) is 24.3 Å². The molecule has 0 unspecified atom stereocenters. The normalized spacial score (nSPS) is 24.6. The predicted octanol–water partition coefficient (Wildman–Crippen LogP) is 1.74. The van der Waals surface area contributed by atoms with Crippen LogP contribution in [0.3, 0.4) is 0 Å². The molecule has 5 nitrogen and oxygen atoms in total. The molecule has 21 heavy (non-hydrogen) atoms. The fourth-order valence-electron chi connectivity index (χ4n) is 2.79. The van der Waals surface area contributed by atoms with Gasteiger partial charge in [0, 0.05) is 11.5 Å². The Labute approximate surface area is 125 Å². The summed E-state index contributed by atoms with van der Waals surface area (Å²) < 4.78 is 10.7. The standard InChI is InChI=1S/C16H23NO4/c1-16(11-18)9-5-8-14(16)17-15(19)10-21-13-7-4-3-6-12(13)20-2/h3-4,6-7,14,18H,5,8-11H2,1-2H3,(H,17,19)/t14-,16+/m1/s1. The molecule has 1 aliphatic carbocycles. The van der Waals surface area contributed by atoms with E-state index in [1.807, 2.05) is 19.1 Å². The van der Waals surface area contributed by atoms with E-state index in [9.17, 15) is 9.90 Å². The summed E-state index contributed by atoms with van der Waals surface area (Å²) in [6, 6.07) is 7.23. The van der Waals surface area contributed by atoms with Crippen LogP contribution in [0.2, 0.25) is 0 Å². The number of benzene rings is 1. The van der Waals surface area contributed by atoms with Crippen molar-refractivity contribution in [1.29, 1.82) is 0 Å². The molecule has 0 spiro atoms. The van der Waals surface area contributed by atoms with Crippen molar-refractivity contribution in [2.45, 2.75) is 32.2 Å². The van der Waals surface area contributed by atoms with Crippen LogP contribution in [0.4, 0.5) is 0 Å². The smallest absolute Gasteiger partial charge is 0.258 e. The highest BCUT2D eigenvalue weighted by Crippen LogP contribution is 2.37. The van der Waals surface area contributed by atoms with Crippen molar-refractivity contribution < 1.29 is 19.4 Å². The molecule has 1 saturated carbocycles. The van der Waals surface area contributed by atoms with E-state index >= 15 is 0 Å². The number of carbonyl (C=O) groups excluding carboxylic acids is 1. The minimum absolute atomic E-state index is 0.0104. The summed E-state index contributed by atoms with van der Waals surface area (Å²) in [5.74, 6) is 0.977. The second-order valence-electron chi connectivity index (χ2n) is 5.76. The highest BCUT2D eigenvalue weighted by Gasteiger charge is 2.39. The van der Waals surface area contributed by atoms with E-state index in [2.05, 4.69) is 5.32 Å². The van der Waals surface area contributed by atoms with Gasteiger partial charge in [-0.15, -0.1) is 0 Å². The topological polar surface area (TPSA) is 67.8 Å². The van der Waals surface area contributed by atoms with Crippen LogP contribution >= 0.6 is 0 Å². The van der Waals surface area contributed by atoms with E-state index in [-0.39, 0.29) is 30.6 Å². The van der Waals surface area contributed by atoms with Crippen LogP contribution in [0.25, 0.3) is 0 Å². The third-order valence-corrected chi connectivity index (χ3v) is 4.21. The Morgan fingerprint density at radius 2 is 2.14 bits per heavy atom. The molecular formula is C16H23NO4. The van der Waals surface area contributed by atoms with Gasteiger partial charge in [0.25, 0.3) is 5.91 Å². The van der Waals surface area contributed by atoms with Gasteiger partial charge in [0.05, 0.1) is 13.7 Å². The largest absolute Gasteiger partial charge is 0.493 e. The number of hydrogen-bond acceptors (Lipinski definition) is 4. The first-order valence-electron chi connectivity index (χ1n) is 7.25. The van der Waals surface area contributed by atoms with Crippen LogP contribution < -0.4 is 14.8 Å². The molecule has 1 aliphatic rings. The van der Waals surface area contributed by atoms with Crippen molar-refractivity contribution in [3.05, 3.63) is 24.3 Å². The minimum Gasteiger partial charge on any atom is -0.493 e. The van der Waals surface area contributed by atoms with Crippen molar-refractivity contribution in [2.24, 2.45) is 5.41 Å². The van der Waals surface area contributed by atoms with Gasteiger partial charge in [-0.25, -0.2) is 0 Å². The molecule has 2 atom stereocenters. The number of carbonyl (C=O) groups is 1. The van der Waals surface area contributed by atoms with Crippen molar-refractivity contribution in [2.75, 3.05) is 20.3 Å². The molecule has 0 aliphatic heterocycles. The molecule has 0 heterocycles. The van der Waals surface area contributed by atoms with E-state index < -0.39 is 0 Å². The zero-order valence-corrected chi connectivity index (χ0v) is 12.6. The molecular weight excluding hydrogens is 270 g/mol. The molecule has 0 saturated heterocycles. The average molecular weight is 293 g/mol. The predicted molar refractivity (Wildman–Crippen MR) is 79.5 cm³/mol. The first-order chi connectivity index (χ1) is 10.1. The highest BCUT2D eigenvalue weighted by molar-refractivity contribution is 5.78. The van der Waals surface area contributed by atoms with Crippen LogP contribution in [-0.2, 0) is 4.79 Å². The second kappa shape index (κ2) is 6.80. The van der Waals surface area contributed by atoms with E-state index in [4.69, 9.17) is 9.47 Å². The van der Waals surface area contributed by atoms with Crippen molar-refractivity contribution in [1.82, 2.24) is 5.32 Å². The molecule has 5 heteroatoms. The molecule has 0 bridgehead atoms. The summed E-state index contributed by atoms with van der Waals surface area (Å²) >= 11 is 0. The zero-order valence-electron chi connectivity index (χ0n) is 12.6. The Morgan fingerprint density at radius 3 is 2.81 bits per heavy atom. The lowest BCUT2D eigenvalue weighted by Gasteiger charge is -2.30. The maximum Gasteiger partial charge on any atom is 0.258 e. The summed E-state index contributed by atoms with van der Waals surface area (Å²) in [5, 5.41) is 12.4. The number of aliphatic hydroxyl groups is 1. The van der Waals surface area contributed by atoms with Crippen molar-refractivity contribution >= 4 is 5.91 Å². The van der Waals surface area contributed by atoms with Gasteiger partial charge >= 0.3 is 0 Å². The third-order valence-electron chi connectivity index (χ3n) is 4.21. The van der Waals surface area contributed by atoms with Crippen LogP contribution in [0.1, 0.15) is 26.2 Å². The van der Waals surface area contributed by atoms with Crippen molar-refractivity contribution in [3.8, 4) is 11.5 Å². The summed E-state index contributed by atoms with van der Waals surface area (Å²) in [6.07, 6.45) is 2.86. The Morgan fingerprint density at radius 1 is 1.43 bits per heavy atom. The van der Waals surface area contributed by atoms with Crippen LogP contribution in [0, 0.1) is 5.41 Å². The van der Waals surface area contributed by atoms with Gasteiger partial charge in [0.1, 0.15) is 0 Å². The highest BCUT2D eigenvalue weighted by atomic mass is 16.5. The Hall–Kier alpha value is -1.75. The summed E-state index contributed by atoms with van der Waals surface area (Å²) in [5.41, 5.74) is -0.222. The molecule has 1 aromatic rings. The number of rotatable bonds is 6. The SMILES string of the molecule is COc1ccccc1OCC(=O)N[C@@H]1CCC[C@@]1(C)CO. The molecule has 1 fully saturated rings. The van der Waals surface area contributed by atoms with Crippen LogP contribution in [-0.4, -0.2) is 37.4 Å². The second-order valence-corrected chi connectivity index (χ2v) is 5.76. The first-order valence-corrected chi connectivity index (χ1v) is 7.25. The summed E-state index contributed by atoms with van der Waals surface area (Å²) in [7, 11) is 1.56. The number of nitrogens with one attached hydrogen (secondary N) is 1. The Balaban J connectivity index is 1.88. The minimum atomic E-state index is -0.222. The summed E-state index contributed by atoms with van der Waals surface area (Å²) in [4.78, 5) is 12.0. The summed E-state index contributed by atoms with van der Waals surface area (Å²) in [6.45, 7) is 2.04. The number of aliphatic hydroxyl groups excluding tert-OH is 1. The van der Waals surface area contributed by atoms with Gasteiger partial charge in [0.2, 0.25) is 0 Å². The van der Waals surface area contributed by atoms with Gasteiger partial charge in [0.15, 0.2) is 18.1 Å². The van der Waals surface area contributed by atoms with Gasteiger partial charge in [-0.05, 0) is 25.0 Å². The lowest BCUT2D eigenvalue weighted by molar-refractivity contribution is -0.124. The molecule has 116 valence electrons. The molecule has 2 rings (SSSR count). The molecule has 1 aromatic carbocycles. The molecule has 1 amide bonds. The van der Waals surface area contributed by atoms with Crippen molar-refractivity contribution in [3.63, 3.8) is 0 Å². The number of methoxy groups -OCH3 is 1. The van der Waals surface area contributed by atoms with E-state index in [1.165, 1.54) is 0 Å². The first kappa shape index (κ1) is 15.6. The molecule has 0 radical (unpaired) electrons. The van der Waals surface area contributed by atoms with Crippen LogP contribution in [0.5, 0.6) is 11.5 Å². The number of para-hydroxylation sites is 2. The number of ether oxygens (including phenoxy) is 2. The molecule has 2 N–H and O–H groups in total. The van der Waals surface area contributed by atoms with E-state index in [0.717, 1.165) is 19.3 Å². The Bertz CT molecular complexity index is 491. The number of amides is 1. The van der Waals surface area contributed by atoms with E-state index in [1.54, 1.807) is 19.2 Å². The third kappa shape index (κ3) is 3.67. The fourth-order valence-corrected chi connectivity index (χ4v) is 2.79. The fraction of sp³-hybridized carbons (Fsp3) is 0.562. The molecule has 0 aromatic heterocycles. The van der Waals surface area contributed by atoms with Gasteiger partial charge < -0.3 is 19.9 Å². The lowest BCUT2D eigenvalue weighted by atomic mass is 9.86.